The van der Waals surface area contributed by atoms with Crippen LogP contribution < -0.4 is 10.1 Å². The Morgan fingerprint density at radius 1 is 1.30 bits per heavy atom. The molecule has 0 radical (unpaired) electrons. The van der Waals surface area contributed by atoms with Gasteiger partial charge < -0.3 is 15.2 Å². The van der Waals surface area contributed by atoms with Gasteiger partial charge in [-0.2, -0.15) is 0 Å². The van der Waals surface area contributed by atoms with E-state index in [0.29, 0.717) is 18.6 Å². The maximum atomic E-state index is 12.2. The minimum atomic E-state index is -0.844. The molecule has 2 atom stereocenters. The fourth-order valence-corrected chi connectivity index (χ4v) is 3.20. The van der Waals surface area contributed by atoms with Gasteiger partial charge in [0.1, 0.15) is 5.75 Å². The largest absolute Gasteiger partial charge is 0.484 e. The fraction of sp³-hybridized carbons (Fsp3) is 0.556. The van der Waals surface area contributed by atoms with Gasteiger partial charge >= 0.3 is 5.97 Å². The molecule has 23 heavy (non-hydrogen) atoms. The molecule has 0 spiro atoms. The predicted molar refractivity (Wildman–Crippen MR) is 87.5 cm³/mol. The average Bonchev–Trinajstić information content (AvgIpc) is 2.53. The van der Waals surface area contributed by atoms with E-state index in [4.69, 9.17) is 4.74 Å². The zero-order chi connectivity index (χ0) is 16.9. The van der Waals surface area contributed by atoms with Crippen LogP contribution in [-0.2, 0) is 16.0 Å². The molecule has 5 nitrogen and oxygen atoms in total. The number of carbonyl (C=O) groups is 2. The summed E-state index contributed by atoms with van der Waals surface area (Å²) in [6.07, 6.45) is 4.06. The highest BCUT2D eigenvalue weighted by Gasteiger charge is 2.42. The Morgan fingerprint density at radius 2 is 2.00 bits per heavy atom. The molecule has 0 heterocycles. The minimum absolute atomic E-state index is 0.104. The lowest BCUT2D eigenvalue weighted by Gasteiger charge is -2.39. The van der Waals surface area contributed by atoms with Gasteiger partial charge in [0.25, 0.3) is 5.91 Å². The second-order valence-electron chi connectivity index (χ2n) is 6.39. The number of carboxylic acid groups (broad SMARTS) is 1. The maximum absolute atomic E-state index is 12.2. The van der Waals surface area contributed by atoms with Gasteiger partial charge in [0.15, 0.2) is 6.61 Å². The zero-order valence-electron chi connectivity index (χ0n) is 13.8. The van der Waals surface area contributed by atoms with E-state index in [1.165, 1.54) is 5.56 Å². The summed E-state index contributed by atoms with van der Waals surface area (Å²) in [5, 5.41) is 12.2. The van der Waals surface area contributed by atoms with E-state index in [1.807, 2.05) is 31.2 Å². The third-order valence-corrected chi connectivity index (χ3v) is 4.63. The van der Waals surface area contributed by atoms with Crippen LogP contribution in [0.4, 0.5) is 0 Å². The number of benzene rings is 1. The maximum Gasteiger partial charge on any atom is 0.308 e. The smallest absolute Gasteiger partial charge is 0.308 e. The average molecular weight is 319 g/mol. The molecule has 1 fully saturated rings. The molecule has 1 aliphatic carbocycles. The van der Waals surface area contributed by atoms with E-state index in [2.05, 4.69) is 12.2 Å². The summed E-state index contributed by atoms with van der Waals surface area (Å²) in [6, 6.07) is 7.62. The number of amides is 1. The Labute approximate surface area is 137 Å². The van der Waals surface area contributed by atoms with Crippen LogP contribution in [0.3, 0.4) is 0 Å². The van der Waals surface area contributed by atoms with Crippen LogP contribution in [0.25, 0.3) is 0 Å². The van der Waals surface area contributed by atoms with Crippen LogP contribution in [0.1, 0.15) is 45.1 Å². The van der Waals surface area contributed by atoms with Crippen molar-refractivity contribution in [1.29, 1.82) is 0 Å². The molecule has 1 aromatic carbocycles. The fourth-order valence-electron chi connectivity index (χ4n) is 3.20. The van der Waals surface area contributed by atoms with Crippen LogP contribution >= 0.6 is 0 Å². The molecule has 5 heteroatoms. The minimum Gasteiger partial charge on any atom is -0.484 e. The molecule has 1 aromatic rings. The molecule has 2 N–H and O–H groups in total. The highest BCUT2D eigenvalue weighted by Crippen LogP contribution is 2.33. The third kappa shape index (κ3) is 4.47. The van der Waals surface area contributed by atoms with Gasteiger partial charge in [-0.05, 0) is 43.9 Å². The van der Waals surface area contributed by atoms with Gasteiger partial charge in [-0.25, -0.2) is 0 Å². The first-order valence-corrected chi connectivity index (χ1v) is 8.20. The van der Waals surface area contributed by atoms with Gasteiger partial charge in [0, 0.05) is 0 Å². The van der Waals surface area contributed by atoms with E-state index in [1.54, 1.807) is 0 Å². The summed E-state index contributed by atoms with van der Waals surface area (Å²) in [7, 11) is 0. The predicted octanol–water partition coefficient (Wildman–Crippen LogP) is 2.78. The molecule has 0 aromatic heterocycles. The third-order valence-electron chi connectivity index (χ3n) is 4.63. The van der Waals surface area contributed by atoms with Crippen molar-refractivity contribution in [2.45, 2.75) is 51.5 Å². The van der Waals surface area contributed by atoms with Crippen LogP contribution in [0.15, 0.2) is 24.3 Å². The first-order valence-electron chi connectivity index (χ1n) is 8.20. The number of nitrogens with one attached hydrogen (secondary N) is 1. The standard InChI is InChI=1S/C18H25NO4/c1-3-13-7-9-14(10-8-13)23-12-16(20)19-18(2)11-5-4-6-15(18)17(21)22/h7-10,15H,3-6,11-12H2,1-2H3,(H,19,20)(H,21,22). The van der Waals surface area contributed by atoms with E-state index in [9.17, 15) is 14.7 Å². The first-order chi connectivity index (χ1) is 10.9. The van der Waals surface area contributed by atoms with Crippen LogP contribution in [-0.4, -0.2) is 29.1 Å². The van der Waals surface area contributed by atoms with Crippen molar-refractivity contribution in [3.63, 3.8) is 0 Å². The van der Waals surface area contributed by atoms with Crippen LogP contribution in [0.5, 0.6) is 5.75 Å². The molecule has 1 amide bonds. The number of aryl methyl sites for hydroxylation is 1. The van der Waals surface area contributed by atoms with Gasteiger partial charge in [-0.15, -0.1) is 0 Å². The molecule has 0 bridgehead atoms. The number of aliphatic carboxylic acids is 1. The Hall–Kier alpha value is -2.04. The van der Waals surface area contributed by atoms with Crippen molar-refractivity contribution in [3.05, 3.63) is 29.8 Å². The van der Waals surface area contributed by atoms with Gasteiger partial charge in [-0.3, -0.25) is 9.59 Å². The summed E-state index contributed by atoms with van der Waals surface area (Å²) < 4.78 is 5.49. The topological polar surface area (TPSA) is 75.6 Å². The van der Waals surface area contributed by atoms with Crippen LogP contribution in [0.2, 0.25) is 0 Å². The highest BCUT2D eigenvalue weighted by molar-refractivity contribution is 5.80. The normalized spacial score (nSPS) is 24.0. The monoisotopic (exact) mass is 319 g/mol. The molecule has 1 saturated carbocycles. The van der Waals surface area contributed by atoms with E-state index in [-0.39, 0.29) is 12.5 Å². The van der Waals surface area contributed by atoms with E-state index in [0.717, 1.165) is 19.3 Å². The number of carboxylic acids is 1. The number of rotatable bonds is 6. The molecule has 2 rings (SSSR count). The summed E-state index contributed by atoms with van der Waals surface area (Å²) in [5.41, 5.74) is 0.511. The lowest BCUT2D eigenvalue weighted by atomic mass is 9.74. The van der Waals surface area contributed by atoms with Crippen LogP contribution in [0, 0.1) is 5.92 Å². The molecule has 0 aliphatic heterocycles. The van der Waals surface area contributed by atoms with Crippen molar-refractivity contribution >= 4 is 11.9 Å². The zero-order valence-corrected chi connectivity index (χ0v) is 13.8. The van der Waals surface area contributed by atoms with Crippen molar-refractivity contribution < 1.29 is 19.4 Å². The SMILES string of the molecule is CCc1ccc(OCC(=O)NC2(C)CCCCC2C(=O)O)cc1. The quantitative estimate of drug-likeness (QED) is 0.845. The summed E-state index contributed by atoms with van der Waals surface area (Å²) >= 11 is 0. The van der Waals surface area contributed by atoms with Gasteiger partial charge in [0.2, 0.25) is 0 Å². The number of hydrogen-bond donors (Lipinski definition) is 2. The second kappa shape index (κ2) is 7.49. The number of carbonyl (C=O) groups excluding carboxylic acids is 1. The Morgan fingerprint density at radius 3 is 2.61 bits per heavy atom. The lowest BCUT2D eigenvalue weighted by molar-refractivity contribution is -0.146. The Kier molecular flexibility index (Phi) is 5.64. The highest BCUT2D eigenvalue weighted by atomic mass is 16.5. The molecular weight excluding hydrogens is 294 g/mol. The number of ether oxygens (including phenoxy) is 1. The number of hydrogen-bond acceptors (Lipinski definition) is 3. The van der Waals surface area contributed by atoms with Crippen molar-refractivity contribution in [2.75, 3.05) is 6.61 Å². The Balaban J connectivity index is 1.91. The summed E-state index contributed by atoms with van der Waals surface area (Å²) in [4.78, 5) is 23.6. The van der Waals surface area contributed by atoms with Gasteiger partial charge in [0.05, 0.1) is 11.5 Å². The summed E-state index contributed by atoms with van der Waals surface area (Å²) in [5.74, 6) is -1.02. The van der Waals surface area contributed by atoms with Crippen molar-refractivity contribution in [2.24, 2.45) is 5.92 Å². The van der Waals surface area contributed by atoms with E-state index < -0.39 is 17.4 Å². The molecule has 126 valence electrons. The van der Waals surface area contributed by atoms with Crippen molar-refractivity contribution in [1.82, 2.24) is 5.32 Å². The first kappa shape index (κ1) is 17.3. The molecule has 2 unspecified atom stereocenters. The molecule has 0 saturated heterocycles. The lowest BCUT2D eigenvalue weighted by Crippen LogP contribution is -2.56. The molecular formula is C18H25NO4. The van der Waals surface area contributed by atoms with Gasteiger partial charge in [-0.1, -0.05) is 31.9 Å². The van der Waals surface area contributed by atoms with Crippen molar-refractivity contribution in [3.8, 4) is 5.75 Å². The van der Waals surface area contributed by atoms with E-state index >= 15 is 0 Å². The Bertz CT molecular complexity index is 555. The summed E-state index contributed by atoms with van der Waals surface area (Å²) in [6.45, 7) is 3.79. The second-order valence-corrected chi connectivity index (χ2v) is 6.39. The molecule has 1 aliphatic rings.